The molecule has 0 aromatic carbocycles. The second-order valence-corrected chi connectivity index (χ2v) is 11.7. The van der Waals surface area contributed by atoms with E-state index < -0.39 is 85.9 Å². The molecule has 0 rings (SSSR count). The molecule has 0 saturated carbocycles. The molecular formula is C28H52CaN2O16. The van der Waals surface area contributed by atoms with E-state index in [1.54, 1.807) is 0 Å². The standard InChI is InChI=1S/2C14H27NO8.Ca/c2*1-7(2)15(8(3)4)5-10(17)23-6-9(16)11(18)12(19)13(20)14(21)22;/h2*7-9,11-13,16,18-20H,5-6H2,1-4H3,(H,21,22);/q;;+2/p-2/t2*9-,11-,12+,13-;/m11./s1. The molecule has 0 saturated heterocycles. The number of carboxylic acid groups (broad SMARTS) is 2. The fourth-order valence-corrected chi connectivity index (χ4v) is 3.97. The van der Waals surface area contributed by atoms with Crippen molar-refractivity contribution in [3.63, 3.8) is 0 Å². The Morgan fingerprint density at radius 3 is 0.936 bits per heavy atom. The van der Waals surface area contributed by atoms with Crippen LogP contribution >= 0.6 is 0 Å². The van der Waals surface area contributed by atoms with E-state index in [0.717, 1.165) is 0 Å². The molecule has 0 amide bonds. The average Bonchev–Trinajstić information content (AvgIpc) is 2.96. The van der Waals surface area contributed by atoms with Gasteiger partial charge < -0.3 is 70.1 Å². The van der Waals surface area contributed by atoms with Crippen LogP contribution in [0.5, 0.6) is 0 Å². The molecular weight excluding hydrogens is 660 g/mol. The number of aliphatic hydroxyl groups excluding tert-OH is 8. The van der Waals surface area contributed by atoms with Crippen molar-refractivity contribution in [1.82, 2.24) is 9.80 Å². The molecule has 0 unspecified atom stereocenters. The van der Waals surface area contributed by atoms with Gasteiger partial charge in [-0.25, -0.2) is 0 Å². The molecule has 8 atom stereocenters. The minimum Gasteiger partial charge on any atom is -0.547 e. The van der Waals surface area contributed by atoms with Crippen LogP contribution in [0.2, 0.25) is 0 Å². The normalized spacial score (nSPS) is 16.8. The molecule has 0 radical (unpaired) electrons. The maximum atomic E-state index is 11.7. The van der Waals surface area contributed by atoms with E-state index in [1.165, 1.54) is 0 Å². The summed E-state index contributed by atoms with van der Waals surface area (Å²) in [4.78, 5) is 47.9. The summed E-state index contributed by atoms with van der Waals surface area (Å²) in [6.45, 7) is 13.9. The topological polar surface area (TPSA) is 301 Å². The second-order valence-electron chi connectivity index (χ2n) is 11.7. The molecule has 19 heteroatoms. The van der Waals surface area contributed by atoms with Gasteiger partial charge >= 0.3 is 49.7 Å². The van der Waals surface area contributed by atoms with Crippen molar-refractivity contribution < 1.29 is 79.7 Å². The minimum absolute atomic E-state index is 0. The van der Waals surface area contributed by atoms with E-state index in [1.807, 2.05) is 65.2 Å². The average molecular weight is 713 g/mol. The molecule has 0 fully saturated rings. The number of aliphatic carboxylic acids is 2. The van der Waals surface area contributed by atoms with E-state index in [0.29, 0.717) is 0 Å². The molecule has 18 nitrogen and oxygen atoms in total. The first-order chi connectivity index (χ1) is 21.0. The molecule has 272 valence electrons. The van der Waals surface area contributed by atoms with Gasteiger partial charge in [-0.3, -0.25) is 19.4 Å². The first-order valence-electron chi connectivity index (χ1n) is 14.7. The van der Waals surface area contributed by atoms with Crippen LogP contribution in [0.4, 0.5) is 0 Å². The Kier molecular flexibility index (Phi) is 26.5. The summed E-state index contributed by atoms with van der Waals surface area (Å²) in [5, 5.41) is 95.8. The zero-order valence-electron chi connectivity index (χ0n) is 28.2. The maximum Gasteiger partial charge on any atom is 2.00 e. The number of carboxylic acids is 2. The molecule has 0 aromatic heterocycles. The van der Waals surface area contributed by atoms with Gasteiger partial charge in [-0.2, -0.15) is 0 Å². The minimum atomic E-state index is -2.37. The molecule has 8 N–H and O–H groups in total. The van der Waals surface area contributed by atoms with Gasteiger partial charge in [-0.1, -0.05) is 0 Å². The van der Waals surface area contributed by atoms with Crippen molar-refractivity contribution in [3.8, 4) is 0 Å². The van der Waals surface area contributed by atoms with E-state index in [2.05, 4.69) is 0 Å². The second kappa shape index (κ2) is 24.8. The van der Waals surface area contributed by atoms with E-state index in [9.17, 15) is 60.0 Å². The number of nitrogens with zero attached hydrogens (tertiary/aromatic N) is 2. The summed E-state index contributed by atoms with van der Waals surface area (Å²) < 4.78 is 9.60. The number of ether oxygens (including phenoxy) is 2. The summed E-state index contributed by atoms with van der Waals surface area (Å²) in [5.41, 5.74) is 0. The third kappa shape index (κ3) is 19.5. The quantitative estimate of drug-likeness (QED) is 0.0430. The van der Waals surface area contributed by atoms with Gasteiger partial charge in [0.25, 0.3) is 0 Å². The summed E-state index contributed by atoms with van der Waals surface area (Å²) in [6, 6.07) is 0.382. The smallest absolute Gasteiger partial charge is 0.547 e. The fourth-order valence-electron chi connectivity index (χ4n) is 3.97. The Labute approximate surface area is 304 Å². The van der Waals surface area contributed by atoms with Crippen molar-refractivity contribution in [2.24, 2.45) is 0 Å². The first-order valence-corrected chi connectivity index (χ1v) is 14.7. The SMILES string of the molecule is CC(C)N(CC(=O)OC[C@@H](O)[C@@H](O)[C@H](O)[C@@H](O)C(=O)[O-])C(C)C.CC(C)N(CC(=O)OC[C@@H](O)[C@@H](O)[C@H](O)[C@@H](O)C(=O)[O-])C(C)C.[Ca+2]. The Balaban J connectivity index is -0.000000807. The Hall–Kier alpha value is -1.26. The van der Waals surface area contributed by atoms with E-state index in [-0.39, 0.29) is 75.0 Å². The number of aliphatic hydroxyl groups is 8. The zero-order chi connectivity index (χ0) is 36.6. The number of hydrogen-bond donors (Lipinski definition) is 8. The van der Waals surface area contributed by atoms with Gasteiger partial charge in [0.2, 0.25) is 0 Å². The predicted molar refractivity (Wildman–Crippen MR) is 160 cm³/mol. The van der Waals surface area contributed by atoms with Crippen LogP contribution < -0.4 is 10.2 Å². The maximum absolute atomic E-state index is 11.7. The van der Waals surface area contributed by atoms with Crippen LogP contribution in [0.25, 0.3) is 0 Å². The van der Waals surface area contributed by atoms with Gasteiger partial charge in [0.15, 0.2) is 0 Å². The largest absolute Gasteiger partial charge is 2.00 e. The zero-order valence-corrected chi connectivity index (χ0v) is 30.4. The molecule has 0 heterocycles. The van der Waals surface area contributed by atoms with Crippen LogP contribution in [0, 0.1) is 0 Å². The predicted octanol–water partition coefficient (Wildman–Crippen LogP) is -6.70. The van der Waals surface area contributed by atoms with Crippen molar-refractivity contribution in [2.75, 3.05) is 26.3 Å². The number of rotatable bonds is 20. The summed E-state index contributed by atoms with van der Waals surface area (Å²) in [7, 11) is 0. The van der Waals surface area contributed by atoms with Crippen LogP contribution in [0.1, 0.15) is 55.4 Å². The summed E-state index contributed by atoms with van der Waals surface area (Å²) in [5.74, 6) is -5.28. The van der Waals surface area contributed by atoms with Gasteiger partial charge in [0.05, 0.1) is 25.0 Å². The molecule has 47 heavy (non-hydrogen) atoms. The molecule has 0 spiro atoms. The van der Waals surface area contributed by atoms with Gasteiger partial charge in [-0.05, 0) is 55.4 Å². The van der Waals surface area contributed by atoms with Crippen LogP contribution in [-0.2, 0) is 28.7 Å². The molecule has 0 aliphatic rings. The number of carbonyl (C=O) groups excluding carboxylic acids is 4. The van der Waals surface area contributed by atoms with Crippen LogP contribution in [0.15, 0.2) is 0 Å². The van der Waals surface area contributed by atoms with Crippen molar-refractivity contribution >= 4 is 61.6 Å². The van der Waals surface area contributed by atoms with E-state index >= 15 is 0 Å². The van der Waals surface area contributed by atoms with E-state index in [4.69, 9.17) is 19.7 Å². The Morgan fingerprint density at radius 1 is 0.511 bits per heavy atom. The number of hydrogen-bond acceptors (Lipinski definition) is 18. The Morgan fingerprint density at radius 2 is 0.745 bits per heavy atom. The summed E-state index contributed by atoms with van der Waals surface area (Å²) >= 11 is 0. The van der Waals surface area contributed by atoms with Crippen LogP contribution in [-0.4, -0.2) is 212 Å². The van der Waals surface area contributed by atoms with Gasteiger partial charge in [0.1, 0.15) is 62.0 Å². The number of esters is 2. The molecule has 0 aromatic rings. The summed E-state index contributed by atoms with van der Waals surface area (Å²) in [6.07, 6.45) is -16.6. The third-order valence-corrected chi connectivity index (χ3v) is 6.72. The van der Waals surface area contributed by atoms with Gasteiger partial charge in [-0.15, -0.1) is 0 Å². The number of carbonyl (C=O) groups is 4. The van der Waals surface area contributed by atoms with Crippen molar-refractivity contribution in [1.29, 1.82) is 0 Å². The fraction of sp³-hybridized carbons (Fsp3) is 0.857. The van der Waals surface area contributed by atoms with Gasteiger partial charge in [0, 0.05) is 24.2 Å². The molecule has 0 bridgehead atoms. The van der Waals surface area contributed by atoms with Crippen molar-refractivity contribution in [3.05, 3.63) is 0 Å². The molecule has 0 aliphatic heterocycles. The van der Waals surface area contributed by atoms with Crippen molar-refractivity contribution in [2.45, 2.75) is 128 Å². The Bertz CT molecular complexity index is 837. The monoisotopic (exact) mass is 712 g/mol. The third-order valence-electron chi connectivity index (χ3n) is 6.72. The van der Waals surface area contributed by atoms with Crippen LogP contribution in [0.3, 0.4) is 0 Å². The first kappa shape index (κ1) is 50.1. The molecule has 0 aliphatic carbocycles.